The molecule has 0 amide bonds. The fourth-order valence-electron chi connectivity index (χ4n) is 2.01. The van der Waals surface area contributed by atoms with Gasteiger partial charge in [0.2, 0.25) is 0 Å². The Labute approximate surface area is 129 Å². The molecule has 112 valence electrons. The molecular weight excluding hydrogens is 284 g/mol. The van der Waals surface area contributed by atoms with Crippen molar-refractivity contribution < 1.29 is 9.53 Å². The van der Waals surface area contributed by atoms with Gasteiger partial charge in [0.25, 0.3) is 0 Å². The van der Waals surface area contributed by atoms with Gasteiger partial charge in [-0.25, -0.2) is 9.78 Å². The molecule has 2 aromatic rings. The van der Waals surface area contributed by atoms with E-state index in [1.54, 1.807) is 19.2 Å². The molecule has 2 rings (SSSR count). The van der Waals surface area contributed by atoms with Crippen LogP contribution in [0.5, 0.6) is 0 Å². The summed E-state index contributed by atoms with van der Waals surface area (Å²) in [7, 11) is 0. The quantitative estimate of drug-likeness (QED) is 0.827. The normalized spacial score (nSPS) is 12.0. The maximum Gasteiger partial charge on any atom is 0.339 e. The molecule has 1 N–H and O–H groups in total. The molecule has 0 saturated carbocycles. The van der Waals surface area contributed by atoms with E-state index in [9.17, 15) is 4.79 Å². The van der Waals surface area contributed by atoms with Crippen molar-refractivity contribution in [1.29, 1.82) is 0 Å². The zero-order valence-corrected chi connectivity index (χ0v) is 13.4. The first kappa shape index (κ1) is 15.5. The molecular formula is C16H20N2O2S. The molecule has 0 spiro atoms. The van der Waals surface area contributed by atoms with Gasteiger partial charge >= 0.3 is 5.97 Å². The van der Waals surface area contributed by atoms with Crippen molar-refractivity contribution in [2.75, 3.05) is 11.9 Å². The fourth-order valence-corrected chi connectivity index (χ4v) is 3.03. The van der Waals surface area contributed by atoms with Crippen LogP contribution in [0.3, 0.4) is 0 Å². The highest BCUT2D eigenvalue weighted by atomic mass is 32.1. The molecule has 0 aliphatic heterocycles. The Bertz CT molecular complexity index is 593. The molecule has 4 nitrogen and oxygen atoms in total. The number of thiophene rings is 1. The topological polar surface area (TPSA) is 51.2 Å². The van der Waals surface area contributed by atoms with E-state index in [-0.39, 0.29) is 12.0 Å². The van der Waals surface area contributed by atoms with Crippen molar-refractivity contribution in [3.8, 4) is 0 Å². The molecule has 0 saturated heterocycles. The predicted octanol–water partition coefficient (Wildman–Crippen LogP) is 3.67. The monoisotopic (exact) mass is 304 g/mol. The second-order valence-electron chi connectivity index (χ2n) is 4.91. The number of aromatic nitrogens is 1. The third-order valence-electron chi connectivity index (χ3n) is 2.97. The Morgan fingerprint density at radius 3 is 2.76 bits per heavy atom. The number of carbonyl (C=O) groups excluding carboxylic acids is 1. The van der Waals surface area contributed by atoms with Crippen LogP contribution in [-0.4, -0.2) is 23.6 Å². The van der Waals surface area contributed by atoms with Crippen LogP contribution in [0.2, 0.25) is 0 Å². The highest BCUT2D eigenvalue weighted by Crippen LogP contribution is 2.18. The van der Waals surface area contributed by atoms with Gasteiger partial charge in [0, 0.05) is 28.4 Å². The van der Waals surface area contributed by atoms with Gasteiger partial charge in [-0.05, 0) is 45.0 Å². The van der Waals surface area contributed by atoms with Crippen LogP contribution in [0.15, 0.2) is 30.5 Å². The fraction of sp³-hybridized carbons (Fsp3) is 0.375. The number of rotatable bonds is 6. The summed E-state index contributed by atoms with van der Waals surface area (Å²) in [5.74, 6) is 0.433. The zero-order chi connectivity index (χ0) is 15.2. The van der Waals surface area contributed by atoms with E-state index in [4.69, 9.17) is 4.74 Å². The van der Waals surface area contributed by atoms with Gasteiger partial charge in [-0.1, -0.05) is 0 Å². The summed E-state index contributed by atoms with van der Waals surface area (Å²) in [6.07, 6.45) is 2.50. The zero-order valence-electron chi connectivity index (χ0n) is 12.6. The summed E-state index contributed by atoms with van der Waals surface area (Å²) >= 11 is 1.82. The minimum atomic E-state index is -0.335. The smallest absolute Gasteiger partial charge is 0.339 e. The number of carbonyl (C=O) groups is 1. The Morgan fingerprint density at radius 2 is 2.19 bits per heavy atom. The van der Waals surface area contributed by atoms with Gasteiger partial charge in [0.05, 0.1) is 12.2 Å². The van der Waals surface area contributed by atoms with Crippen LogP contribution in [-0.2, 0) is 11.2 Å². The molecule has 2 heterocycles. The van der Waals surface area contributed by atoms with Gasteiger partial charge in [-0.15, -0.1) is 11.3 Å². The van der Waals surface area contributed by atoms with Gasteiger partial charge in [0.1, 0.15) is 5.82 Å². The molecule has 0 bridgehead atoms. The Morgan fingerprint density at radius 1 is 1.38 bits per heavy atom. The molecule has 2 aromatic heterocycles. The van der Waals surface area contributed by atoms with Crippen LogP contribution in [0.1, 0.15) is 34.0 Å². The first-order chi connectivity index (χ1) is 10.1. The third-order valence-corrected chi connectivity index (χ3v) is 4.00. The minimum Gasteiger partial charge on any atom is -0.462 e. The Hall–Kier alpha value is -1.88. The van der Waals surface area contributed by atoms with Crippen LogP contribution in [0.25, 0.3) is 0 Å². The largest absolute Gasteiger partial charge is 0.462 e. The first-order valence-electron chi connectivity index (χ1n) is 7.03. The molecule has 5 heteroatoms. The van der Waals surface area contributed by atoms with E-state index in [0.29, 0.717) is 12.2 Å². The maximum absolute atomic E-state index is 11.5. The molecule has 0 radical (unpaired) electrons. The number of aryl methyl sites for hydroxylation is 1. The third kappa shape index (κ3) is 4.56. The van der Waals surface area contributed by atoms with Crippen LogP contribution in [0, 0.1) is 6.92 Å². The van der Waals surface area contributed by atoms with Crippen LogP contribution < -0.4 is 5.32 Å². The summed E-state index contributed by atoms with van der Waals surface area (Å²) in [5.41, 5.74) is 0.476. The number of anilines is 1. The molecule has 0 fully saturated rings. The summed E-state index contributed by atoms with van der Waals surface area (Å²) in [4.78, 5) is 18.5. The lowest BCUT2D eigenvalue weighted by Gasteiger charge is -2.13. The molecule has 0 aromatic carbocycles. The highest BCUT2D eigenvalue weighted by Gasteiger charge is 2.09. The number of hydrogen-bond donors (Lipinski definition) is 1. The standard InChI is InChI=1S/C16H20N2O2S/c1-4-20-16(19)13-6-8-15(17-10-13)18-11(2)9-14-7-5-12(3)21-14/h5-8,10-11H,4,9H2,1-3H3,(H,17,18). The van der Waals surface area contributed by atoms with E-state index < -0.39 is 0 Å². The second kappa shape index (κ2) is 7.22. The van der Waals surface area contributed by atoms with E-state index >= 15 is 0 Å². The molecule has 21 heavy (non-hydrogen) atoms. The van der Waals surface area contributed by atoms with E-state index in [0.717, 1.165) is 12.2 Å². The van der Waals surface area contributed by atoms with Crippen molar-refractivity contribution in [2.24, 2.45) is 0 Å². The predicted molar refractivity (Wildman–Crippen MR) is 86.0 cm³/mol. The van der Waals surface area contributed by atoms with Crippen LogP contribution >= 0.6 is 11.3 Å². The van der Waals surface area contributed by atoms with Crippen LogP contribution in [0.4, 0.5) is 5.82 Å². The van der Waals surface area contributed by atoms with E-state index in [1.165, 1.54) is 9.75 Å². The average Bonchev–Trinajstić information content (AvgIpc) is 2.85. The Balaban J connectivity index is 1.92. The summed E-state index contributed by atoms with van der Waals surface area (Å²) in [6, 6.07) is 8.12. The van der Waals surface area contributed by atoms with Gasteiger partial charge < -0.3 is 10.1 Å². The lowest BCUT2D eigenvalue weighted by molar-refractivity contribution is 0.0526. The Kier molecular flexibility index (Phi) is 5.33. The number of ether oxygens (including phenoxy) is 1. The first-order valence-corrected chi connectivity index (χ1v) is 7.85. The van der Waals surface area contributed by atoms with E-state index in [1.807, 2.05) is 17.4 Å². The van der Waals surface area contributed by atoms with Crippen molar-refractivity contribution >= 4 is 23.1 Å². The number of esters is 1. The second-order valence-corrected chi connectivity index (χ2v) is 6.29. The lowest BCUT2D eigenvalue weighted by atomic mass is 10.2. The van der Waals surface area contributed by atoms with Gasteiger partial charge in [-0.2, -0.15) is 0 Å². The van der Waals surface area contributed by atoms with Crippen molar-refractivity contribution in [2.45, 2.75) is 33.2 Å². The van der Waals surface area contributed by atoms with Crippen molar-refractivity contribution in [3.63, 3.8) is 0 Å². The highest BCUT2D eigenvalue weighted by molar-refractivity contribution is 7.11. The minimum absolute atomic E-state index is 0.281. The van der Waals surface area contributed by atoms with Crippen molar-refractivity contribution in [3.05, 3.63) is 45.8 Å². The number of nitrogens with one attached hydrogen (secondary N) is 1. The summed E-state index contributed by atoms with van der Waals surface area (Å²) < 4.78 is 4.93. The molecule has 1 atom stereocenters. The summed E-state index contributed by atoms with van der Waals surface area (Å²) in [5, 5.41) is 3.34. The van der Waals surface area contributed by atoms with Gasteiger partial charge in [-0.3, -0.25) is 0 Å². The molecule has 1 unspecified atom stereocenters. The molecule has 0 aliphatic rings. The average molecular weight is 304 g/mol. The number of hydrogen-bond acceptors (Lipinski definition) is 5. The SMILES string of the molecule is CCOC(=O)c1ccc(NC(C)Cc2ccc(C)s2)nc1. The maximum atomic E-state index is 11.5. The van der Waals surface area contributed by atoms with Gasteiger partial charge in [0.15, 0.2) is 0 Å². The summed E-state index contributed by atoms with van der Waals surface area (Å²) in [6.45, 7) is 6.39. The lowest BCUT2D eigenvalue weighted by Crippen LogP contribution is -2.18. The number of nitrogens with zero attached hydrogens (tertiary/aromatic N) is 1. The molecule has 0 aliphatic carbocycles. The van der Waals surface area contributed by atoms with Crippen molar-refractivity contribution in [1.82, 2.24) is 4.98 Å². The van der Waals surface area contributed by atoms with E-state index in [2.05, 4.69) is 36.3 Å². The number of pyridine rings is 1.